The van der Waals surface area contributed by atoms with E-state index in [0.29, 0.717) is 23.5 Å². The molecule has 1 heterocycles. The molecule has 1 aromatic rings. The first-order valence-corrected chi connectivity index (χ1v) is 9.98. The lowest BCUT2D eigenvalue weighted by molar-refractivity contribution is -0.151. The van der Waals surface area contributed by atoms with Crippen LogP contribution in [0.3, 0.4) is 0 Å². The van der Waals surface area contributed by atoms with Crippen LogP contribution in [0.5, 0.6) is 11.5 Å². The van der Waals surface area contributed by atoms with Gasteiger partial charge in [-0.15, -0.1) is 0 Å². The molecule has 1 aliphatic carbocycles. The minimum Gasteiger partial charge on any atom is -0.497 e. The van der Waals surface area contributed by atoms with Crippen molar-refractivity contribution in [2.45, 2.75) is 44.6 Å². The van der Waals surface area contributed by atoms with Crippen molar-refractivity contribution in [2.24, 2.45) is 5.92 Å². The van der Waals surface area contributed by atoms with Crippen molar-refractivity contribution in [3.8, 4) is 11.5 Å². The third-order valence-electron chi connectivity index (χ3n) is 5.69. The smallest absolute Gasteiger partial charge is 0.331 e. The van der Waals surface area contributed by atoms with Crippen molar-refractivity contribution in [3.63, 3.8) is 0 Å². The molecule has 1 saturated carbocycles. The van der Waals surface area contributed by atoms with Crippen LogP contribution in [0.4, 0.5) is 0 Å². The van der Waals surface area contributed by atoms with Gasteiger partial charge in [-0.2, -0.15) is 0 Å². The van der Waals surface area contributed by atoms with Crippen LogP contribution in [0.2, 0.25) is 0 Å². The van der Waals surface area contributed by atoms with E-state index in [2.05, 4.69) is 0 Å². The second kappa shape index (κ2) is 9.62. The highest BCUT2D eigenvalue weighted by Gasteiger charge is 2.35. The van der Waals surface area contributed by atoms with Crippen molar-refractivity contribution in [1.82, 2.24) is 4.90 Å². The van der Waals surface area contributed by atoms with Gasteiger partial charge in [-0.3, -0.25) is 4.79 Å². The van der Waals surface area contributed by atoms with E-state index in [-0.39, 0.29) is 12.5 Å². The van der Waals surface area contributed by atoms with Gasteiger partial charge in [0.15, 0.2) is 6.61 Å². The molecule has 3 rings (SSSR count). The van der Waals surface area contributed by atoms with Crippen LogP contribution in [0.1, 0.15) is 44.1 Å². The Morgan fingerprint density at radius 3 is 2.43 bits per heavy atom. The molecular weight excluding hydrogens is 358 g/mol. The number of hydrogen-bond donors (Lipinski definition) is 0. The largest absolute Gasteiger partial charge is 0.497 e. The highest BCUT2D eigenvalue weighted by Crippen LogP contribution is 2.35. The first kappa shape index (κ1) is 20.2. The molecule has 1 amide bonds. The number of piperidine rings is 1. The molecule has 0 bridgehead atoms. The summed E-state index contributed by atoms with van der Waals surface area (Å²) in [7, 11) is 3.14. The molecule has 0 radical (unpaired) electrons. The Hall–Kier alpha value is -2.50. The number of carbonyl (C=O) groups excluding carboxylic acids is 2. The number of likely N-dealkylation sites (tertiary alicyclic amines) is 1. The Labute approximate surface area is 166 Å². The number of benzene rings is 1. The highest BCUT2D eigenvalue weighted by atomic mass is 16.5. The van der Waals surface area contributed by atoms with Crippen LogP contribution in [-0.2, 0) is 14.3 Å². The average Bonchev–Trinajstić information content (AvgIpc) is 2.75. The average molecular weight is 387 g/mol. The molecule has 1 aromatic carbocycles. The maximum absolute atomic E-state index is 12.6. The van der Waals surface area contributed by atoms with Crippen molar-refractivity contribution >= 4 is 18.0 Å². The molecule has 28 heavy (non-hydrogen) atoms. The quantitative estimate of drug-likeness (QED) is 0.553. The highest BCUT2D eigenvalue weighted by molar-refractivity contribution is 5.89. The second-order valence-electron chi connectivity index (χ2n) is 7.43. The fourth-order valence-electron chi connectivity index (χ4n) is 4.29. The number of fused-ring (bicyclic) bond motifs is 1. The number of nitrogens with zero attached hydrogens (tertiary/aromatic N) is 1. The molecule has 0 spiro atoms. The van der Waals surface area contributed by atoms with E-state index in [1.807, 2.05) is 4.90 Å². The van der Waals surface area contributed by atoms with E-state index >= 15 is 0 Å². The normalized spacial score (nSPS) is 21.9. The van der Waals surface area contributed by atoms with E-state index in [1.165, 1.54) is 31.8 Å². The standard InChI is InChI=1S/C22H29NO5/c1-26-18-12-16(13-19(14-18)27-2)9-10-22(25)28-15-21(24)23-11-5-7-17-6-3-4-8-20(17)23/h9-10,12-14,17,20H,3-8,11,15H2,1-2H3/b10-9+/t17-,20+/m1/s1. The zero-order chi connectivity index (χ0) is 19.9. The molecule has 152 valence electrons. The van der Waals surface area contributed by atoms with E-state index in [0.717, 1.165) is 24.9 Å². The van der Waals surface area contributed by atoms with Gasteiger partial charge in [0.05, 0.1) is 14.2 Å². The Balaban J connectivity index is 1.53. The van der Waals surface area contributed by atoms with E-state index in [1.54, 1.807) is 38.5 Å². The number of carbonyl (C=O) groups is 2. The summed E-state index contributed by atoms with van der Waals surface area (Å²) in [4.78, 5) is 26.6. The first-order valence-electron chi connectivity index (χ1n) is 9.98. The van der Waals surface area contributed by atoms with E-state index in [9.17, 15) is 9.59 Å². The van der Waals surface area contributed by atoms with Gasteiger partial charge in [0, 0.05) is 24.7 Å². The van der Waals surface area contributed by atoms with Gasteiger partial charge in [-0.05, 0) is 55.4 Å². The first-order chi connectivity index (χ1) is 13.6. The minimum absolute atomic E-state index is 0.0820. The topological polar surface area (TPSA) is 65.1 Å². The molecule has 6 heteroatoms. The summed E-state index contributed by atoms with van der Waals surface area (Å²) < 4.78 is 15.6. The van der Waals surface area contributed by atoms with Crippen molar-refractivity contribution in [3.05, 3.63) is 29.8 Å². The van der Waals surface area contributed by atoms with Crippen LogP contribution in [0.15, 0.2) is 24.3 Å². The van der Waals surface area contributed by atoms with Gasteiger partial charge >= 0.3 is 5.97 Å². The zero-order valence-corrected chi connectivity index (χ0v) is 16.7. The lowest BCUT2D eigenvalue weighted by Crippen LogP contribution is -2.50. The third kappa shape index (κ3) is 5.06. The fourth-order valence-corrected chi connectivity index (χ4v) is 4.29. The Morgan fingerprint density at radius 1 is 1.04 bits per heavy atom. The van der Waals surface area contributed by atoms with Crippen LogP contribution < -0.4 is 9.47 Å². The molecule has 0 N–H and O–H groups in total. The summed E-state index contributed by atoms with van der Waals surface area (Å²) >= 11 is 0. The molecular formula is C22H29NO5. The SMILES string of the molecule is COc1cc(/C=C/C(=O)OCC(=O)N2CCC[C@H]3CCCC[C@@H]32)cc(OC)c1. The number of rotatable bonds is 6. The molecule has 1 saturated heterocycles. The third-order valence-corrected chi connectivity index (χ3v) is 5.69. The van der Waals surface area contributed by atoms with Crippen LogP contribution >= 0.6 is 0 Å². The minimum atomic E-state index is -0.535. The lowest BCUT2D eigenvalue weighted by atomic mass is 9.78. The molecule has 0 unspecified atom stereocenters. The van der Waals surface area contributed by atoms with Gasteiger partial charge in [-0.25, -0.2) is 4.79 Å². The summed E-state index contributed by atoms with van der Waals surface area (Å²) in [5.74, 6) is 1.27. The zero-order valence-electron chi connectivity index (χ0n) is 16.7. The molecule has 0 aromatic heterocycles. The maximum atomic E-state index is 12.6. The number of esters is 1. The summed E-state index contributed by atoms with van der Waals surface area (Å²) in [6, 6.07) is 5.65. The molecule has 2 atom stereocenters. The second-order valence-corrected chi connectivity index (χ2v) is 7.43. The summed E-state index contributed by atoms with van der Waals surface area (Å²) in [5, 5.41) is 0. The van der Waals surface area contributed by atoms with E-state index in [4.69, 9.17) is 14.2 Å². The van der Waals surface area contributed by atoms with Gasteiger partial charge in [0.1, 0.15) is 11.5 Å². The van der Waals surface area contributed by atoms with Gasteiger partial charge in [0.2, 0.25) is 0 Å². The molecule has 2 fully saturated rings. The van der Waals surface area contributed by atoms with Crippen molar-refractivity contribution in [2.75, 3.05) is 27.4 Å². The van der Waals surface area contributed by atoms with Gasteiger partial charge < -0.3 is 19.1 Å². The summed E-state index contributed by atoms with van der Waals surface area (Å²) in [6.07, 6.45) is 9.91. The van der Waals surface area contributed by atoms with Crippen LogP contribution in [0.25, 0.3) is 6.08 Å². The fraction of sp³-hybridized carbons (Fsp3) is 0.545. The Kier molecular flexibility index (Phi) is 6.95. The molecule has 2 aliphatic rings. The maximum Gasteiger partial charge on any atom is 0.331 e. The van der Waals surface area contributed by atoms with Crippen LogP contribution in [-0.4, -0.2) is 50.2 Å². The summed E-state index contributed by atoms with van der Waals surface area (Å²) in [6.45, 7) is 0.574. The molecule has 6 nitrogen and oxygen atoms in total. The van der Waals surface area contributed by atoms with Gasteiger partial charge in [0.25, 0.3) is 5.91 Å². The van der Waals surface area contributed by atoms with Crippen molar-refractivity contribution in [1.29, 1.82) is 0 Å². The van der Waals surface area contributed by atoms with Crippen molar-refractivity contribution < 1.29 is 23.8 Å². The Morgan fingerprint density at radius 2 is 1.71 bits per heavy atom. The Bertz CT molecular complexity index is 705. The number of methoxy groups -OCH3 is 2. The number of ether oxygens (including phenoxy) is 3. The predicted octanol–water partition coefficient (Wildman–Crippen LogP) is 3.44. The monoisotopic (exact) mass is 387 g/mol. The van der Waals surface area contributed by atoms with E-state index < -0.39 is 5.97 Å². The lowest BCUT2D eigenvalue weighted by Gasteiger charge is -2.44. The van der Waals surface area contributed by atoms with Crippen LogP contribution in [0, 0.1) is 5.92 Å². The van der Waals surface area contributed by atoms with Gasteiger partial charge in [-0.1, -0.05) is 12.8 Å². The molecule has 1 aliphatic heterocycles. The summed E-state index contributed by atoms with van der Waals surface area (Å²) in [5.41, 5.74) is 0.751. The predicted molar refractivity (Wildman–Crippen MR) is 106 cm³/mol. The number of amides is 1. The number of hydrogen-bond acceptors (Lipinski definition) is 5.